The molecule has 0 radical (unpaired) electrons. The fourth-order valence-electron chi connectivity index (χ4n) is 2.67. The molecule has 0 fully saturated rings. The maximum absolute atomic E-state index is 7.50. The second kappa shape index (κ2) is 7.55. The Hall–Kier alpha value is -0.860. The molecule has 0 atom stereocenters. The normalized spacial score (nSPS) is 13.0. The lowest BCUT2D eigenvalue weighted by Crippen LogP contribution is -2.48. The smallest absolute Gasteiger partial charge is 0.0995 e. The van der Waals surface area contributed by atoms with Gasteiger partial charge >= 0.3 is 0 Å². The Balaban J connectivity index is 5.01. The van der Waals surface area contributed by atoms with Gasteiger partial charge in [-0.25, -0.2) is 0 Å². The summed E-state index contributed by atoms with van der Waals surface area (Å²) in [4.78, 5) is 7.00. The maximum atomic E-state index is 7.50. The van der Waals surface area contributed by atoms with E-state index in [1.54, 1.807) is 0 Å². The summed E-state index contributed by atoms with van der Waals surface area (Å²) < 4.78 is 0. The first-order chi connectivity index (χ1) is 8.24. The molecule has 0 unspecified atom stereocenters. The Morgan fingerprint density at radius 2 is 1.83 bits per heavy atom. The van der Waals surface area contributed by atoms with Crippen LogP contribution in [0, 0.1) is 11.3 Å². The van der Waals surface area contributed by atoms with E-state index >= 15 is 0 Å². The molecule has 0 aromatic rings. The predicted molar refractivity (Wildman–Crippen MR) is 81.9 cm³/mol. The van der Waals surface area contributed by atoms with Crippen LogP contribution in [0.5, 0.6) is 0 Å². The van der Waals surface area contributed by atoms with Crippen LogP contribution in [-0.2, 0) is 0 Å². The predicted octanol–water partition coefficient (Wildman–Crippen LogP) is 3.98. The summed E-state index contributed by atoms with van der Waals surface area (Å²) in [6.07, 6.45) is 2.09. The highest BCUT2D eigenvalue weighted by atomic mass is 15.2. The summed E-state index contributed by atoms with van der Waals surface area (Å²) in [5.74, 6) is 1.81. The Morgan fingerprint density at radius 3 is 2.17 bits per heavy atom. The summed E-state index contributed by atoms with van der Waals surface area (Å²) in [7, 11) is 0. The molecule has 0 amide bonds. The van der Waals surface area contributed by atoms with Crippen molar-refractivity contribution in [3.05, 3.63) is 0 Å². The van der Waals surface area contributed by atoms with Crippen molar-refractivity contribution in [1.29, 1.82) is 5.41 Å². The highest BCUT2D eigenvalue weighted by molar-refractivity contribution is 5.87. The second-order valence-electron chi connectivity index (χ2n) is 6.02. The molecule has 106 valence electrons. The molecule has 0 bridgehead atoms. The molecule has 0 rings (SSSR count). The van der Waals surface area contributed by atoms with E-state index in [-0.39, 0.29) is 5.54 Å². The fraction of sp³-hybridized carbons (Fsp3) is 0.867. The van der Waals surface area contributed by atoms with Crippen LogP contribution in [-0.4, -0.2) is 35.1 Å². The molecule has 0 aliphatic carbocycles. The minimum Gasteiger partial charge on any atom is -0.356 e. The molecule has 0 aliphatic heterocycles. The lowest BCUT2D eigenvalue weighted by molar-refractivity contribution is 0.184. The summed E-state index contributed by atoms with van der Waals surface area (Å²) >= 11 is 0. The first-order valence-electron chi connectivity index (χ1n) is 7.09. The lowest BCUT2D eigenvalue weighted by atomic mass is 9.90. The van der Waals surface area contributed by atoms with Gasteiger partial charge in [-0.05, 0) is 40.0 Å². The largest absolute Gasteiger partial charge is 0.356 e. The van der Waals surface area contributed by atoms with Gasteiger partial charge in [0.15, 0.2) is 0 Å². The molecule has 0 spiro atoms. The Labute approximate surface area is 113 Å². The molecule has 1 N–H and O–H groups in total. The van der Waals surface area contributed by atoms with Gasteiger partial charge in [-0.3, -0.25) is 4.99 Å². The molecule has 0 aromatic carbocycles. The van der Waals surface area contributed by atoms with E-state index < -0.39 is 0 Å². The molecule has 0 heterocycles. The molecule has 3 heteroatoms. The van der Waals surface area contributed by atoms with Crippen molar-refractivity contribution in [2.75, 3.05) is 13.1 Å². The molecule has 3 nitrogen and oxygen atoms in total. The van der Waals surface area contributed by atoms with Crippen LogP contribution in [0.1, 0.15) is 61.3 Å². The van der Waals surface area contributed by atoms with E-state index in [0.717, 1.165) is 25.2 Å². The Bertz CT molecular complexity index is 290. The van der Waals surface area contributed by atoms with Gasteiger partial charge in [0.2, 0.25) is 0 Å². The van der Waals surface area contributed by atoms with Gasteiger partial charge in [-0.15, -0.1) is 0 Å². The van der Waals surface area contributed by atoms with Crippen LogP contribution in [0.2, 0.25) is 0 Å². The van der Waals surface area contributed by atoms with E-state index in [1.165, 1.54) is 0 Å². The van der Waals surface area contributed by atoms with Gasteiger partial charge in [-0.1, -0.05) is 20.8 Å². The van der Waals surface area contributed by atoms with Gasteiger partial charge in [0.1, 0.15) is 0 Å². The van der Waals surface area contributed by atoms with Crippen molar-refractivity contribution in [2.24, 2.45) is 10.9 Å². The summed E-state index contributed by atoms with van der Waals surface area (Å²) in [5, 5.41) is 7.50. The van der Waals surface area contributed by atoms with Crippen LogP contribution in [0.3, 0.4) is 0 Å². The molecular weight excluding hydrogens is 222 g/mol. The first-order valence-corrected chi connectivity index (χ1v) is 7.09. The van der Waals surface area contributed by atoms with Crippen LogP contribution >= 0.6 is 0 Å². The van der Waals surface area contributed by atoms with Gasteiger partial charge in [0.25, 0.3) is 0 Å². The van der Waals surface area contributed by atoms with Crippen LogP contribution in [0.25, 0.3) is 0 Å². The maximum Gasteiger partial charge on any atom is 0.0995 e. The zero-order chi connectivity index (χ0) is 14.3. The molecule has 0 aromatic heterocycles. The number of aliphatic imine (C=N–C) groups is 1. The van der Waals surface area contributed by atoms with Gasteiger partial charge in [0.05, 0.1) is 12.4 Å². The van der Waals surface area contributed by atoms with Crippen molar-refractivity contribution < 1.29 is 0 Å². The SMILES string of the molecule is CCC(=NCC(C)=N)N(CC)C(C)(C)CC(C)C. The Kier molecular flexibility index (Phi) is 7.19. The topological polar surface area (TPSA) is 39.5 Å². The third-order valence-electron chi connectivity index (χ3n) is 3.08. The van der Waals surface area contributed by atoms with Crippen molar-refractivity contribution >= 4 is 11.5 Å². The number of nitrogens with zero attached hydrogens (tertiary/aromatic N) is 2. The van der Waals surface area contributed by atoms with Crippen molar-refractivity contribution in [2.45, 2.75) is 66.8 Å². The quantitative estimate of drug-likeness (QED) is 0.541. The Morgan fingerprint density at radius 1 is 1.28 bits per heavy atom. The highest BCUT2D eigenvalue weighted by Crippen LogP contribution is 2.24. The summed E-state index contributed by atoms with van der Waals surface area (Å²) in [6.45, 7) is 16.8. The number of rotatable bonds is 7. The monoisotopic (exact) mass is 253 g/mol. The minimum atomic E-state index is 0.133. The zero-order valence-corrected chi connectivity index (χ0v) is 13.3. The third-order valence-corrected chi connectivity index (χ3v) is 3.08. The fourth-order valence-corrected chi connectivity index (χ4v) is 2.67. The van der Waals surface area contributed by atoms with Crippen molar-refractivity contribution in [3.8, 4) is 0 Å². The average Bonchev–Trinajstić information content (AvgIpc) is 2.21. The summed E-state index contributed by atoms with van der Waals surface area (Å²) in [6, 6.07) is 0. The molecule has 18 heavy (non-hydrogen) atoms. The van der Waals surface area contributed by atoms with Crippen LogP contribution in [0.15, 0.2) is 4.99 Å². The van der Waals surface area contributed by atoms with Crippen LogP contribution in [0.4, 0.5) is 0 Å². The first kappa shape index (κ1) is 17.1. The highest BCUT2D eigenvalue weighted by Gasteiger charge is 2.28. The van der Waals surface area contributed by atoms with E-state index in [1.807, 2.05) is 6.92 Å². The number of hydrogen-bond donors (Lipinski definition) is 1. The lowest BCUT2D eigenvalue weighted by Gasteiger charge is -2.41. The van der Waals surface area contributed by atoms with Gasteiger partial charge < -0.3 is 10.3 Å². The van der Waals surface area contributed by atoms with Crippen LogP contribution < -0.4 is 0 Å². The zero-order valence-electron chi connectivity index (χ0n) is 13.3. The van der Waals surface area contributed by atoms with Crippen molar-refractivity contribution in [3.63, 3.8) is 0 Å². The van der Waals surface area contributed by atoms with Gasteiger partial charge in [-0.2, -0.15) is 0 Å². The van der Waals surface area contributed by atoms with E-state index in [9.17, 15) is 0 Å². The van der Waals surface area contributed by atoms with E-state index in [4.69, 9.17) is 5.41 Å². The molecule has 0 saturated heterocycles. The standard InChI is InChI=1S/C15H31N3/c1-8-14(17-11-13(5)16)18(9-2)15(6,7)10-12(3)4/h12,16H,8-11H2,1-7H3. The van der Waals surface area contributed by atoms with E-state index in [0.29, 0.717) is 18.2 Å². The van der Waals surface area contributed by atoms with E-state index in [2.05, 4.69) is 51.4 Å². The molecular formula is C15H31N3. The summed E-state index contributed by atoms with van der Waals surface area (Å²) in [5.41, 5.74) is 0.756. The molecule has 0 saturated carbocycles. The average molecular weight is 253 g/mol. The van der Waals surface area contributed by atoms with Crippen molar-refractivity contribution in [1.82, 2.24) is 4.90 Å². The number of hydrogen-bond acceptors (Lipinski definition) is 2. The number of amidine groups is 1. The molecule has 0 aliphatic rings. The van der Waals surface area contributed by atoms with Gasteiger partial charge in [0, 0.05) is 24.2 Å². The number of nitrogens with one attached hydrogen (secondary N) is 1. The third kappa shape index (κ3) is 5.65. The minimum absolute atomic E-state index is 0.133. The second-order valence-corrected chi connectivity index (χ2v) is 6.02.